The molecule has 14 heavy (non-hydrogen) atoms. The summed E-state index contributed by atoms with van der Waals surface area (Å²) in [6.07, 6.45) is 0. The Morgan fingerprint density at radius 1 is 1.64 bits per heavy atom. The zero-order valence-electron chi connectivity index (χ0n) is 8.71. The molecule has 0 bridgehead atoms. The van der Waals surface area contributed by atoms with Gasteiger partial charge in [-0.1, -0.05) is 0 Å². The Labute approximate surface area is 97.6 Å². The lowest BCUT2D eigenvalue weighted by atomic mass is 9.98. The maximum Gasteiger partial charge on any atom is 0.0826 e. The van der Waals surface area contributed by atoms with Gasteiger partial charge in [0, 0.05) is 16.0 Å². The summed E-state index contributed by atoms with van der Waals surface area (Å²) < 4.78 is 6.70. The molecule has 1 rings (SSSR count). The largest absolute Gasteiger partial charge is 0.374 e. The molecule has 0 fully saturated rings. The van der Waals surface area contributed by atoms with Gasteiger partial charge in [0.05, 0.1) is 11.6 Å². The van der Waals surface area contributed by atoms with Gasteiger partial charge in [-0.3, -0.25) is 0 Å². The Hall–Kier alpha value is 0.100. The van der Waals surface area contributed by atoms with E-state index in [0.717, 1.165) is 9.35 Å². The Morgan fingerprint density at radius 3 is 2.71 bits per heavy atom. The molecule has 1 unspecified atom stereocenters. The lowest BCUT2D eigenvalue weighted by Gasteiger charge is -2.31. The third-order valence-corrected chi connectivity index (χ3v) is 4.15. The van der Waals surface area contributed by atoms with Gasteiger partial charge in [-0.25, -0.2) is 0 Å². The fourth-order valence-electron chi connectivity index (χ4n) is 1.30. The summed E-state index contributed by atoms with van der Waals surface area (Å²) in [5.74, 6) is 0. The molecule has 0 spiro atoms. The van der Waals surface area contributed by atoms with Gasteiger partial charge < -0.3 is 10.5 Å². The van der Waals surface area contributed by atoms with Crippen LogP contribution in [0.4, 0.5) is 0 Å². The van der Waals surface area contributed by atoms with Crippen molar-refractivity contribution < 1.29 is 4.74 Å². The predicted molar refractivity (Wildman–Crippen MR) is 64.7 cm³/mol. The van der Waals surface area contributed by atoms with Gasteiger partial charge >= 0.3 is 0 Å². The van der Waals surface area contributed by atoms with Gasteiger partial charge in [0.25, 0.3) is 0 Å². The number of nitrogens with two attached hydrogens (primary N) is 1. The summed E-state index contributed by atoms with van der Waals surface area (Å²) in [5, 5.41) is 2.03. The van der Waals surface area contributed by atoms with Crippen LogP contribution in [0.2, 0.25) is 0 Å². The molecule has 1 atom stereocenters. The van der Waals surface area contributed by atoms with E-state index < -0.39 is 0 Å². The molecule has 80 valence electrons. The molecule has 1 aromatic rings. The molecule has 0 aliphatic carbocycles. The first kappa shape index (κ1) is 12.2. The third kappa shape index (κ3) is 2.57. The van der Waals surface area contributed by atoms with Crippen molar-refractivity contribution >= 4 is 27.3 Å². The van der Waals surface area contributed by atoms with Gasteiger partial charge in [-0.15, -0.1) is 11.3 Å². The zero-order valence-corrected chi connectivity index (χ0v) is 11.1. The number of thiophene rings is 1. The van der Waals surface area contributed by atoms with Crippen molar-refractivity contribution in [1.82, 2.24) is 0 Å². The van der Waals surface area contributed by atoms with Gasteiger partial charge in [-0.2, -0.15) is 0 Å². The summed E-state index contributed by atoms with van der Waals surface area (Å²) in [4.78, 5) is 1.14. The molecule has 0 saturated heterocycles. The first-order valence-electron chi connectivity index (χ1n) is 4.61. The Morgan fingerprint density at radius 2 is 2.29 bits per heavy atom. The lowest BCUT2D eigenvalue weighted by molar-refractivity contribution is -0.0291. The van der Waals surface area contributed by atoms with Crippen molar-refractivity contribution in [2.75, 3.05) is 6.61 Å². The second kappa shape index (κ2) is 4.75. The van der Waals surface area contributed by atoms with Crippen molar-refractivity contribution in [2.24, 2.45) is 5.73 Å². The highest BCUT2D eigenvalue weighted by atomic mass is 79.9. The van der Waals surface area contributed by atoms with Crippen molar-refractivity contribution in [3.8, 4) is 0 Å². The monoisotopic (exact) mass is 277 g/mol. The molecule has 0 amide bonds. The van der Waals surface area contributed by atoms with Crippen LogP contribution in [0.3, 0.4) is 0 Å². The summed E-state index contributed by atoms with van der Waals surface area (Å²) >= 11 is 5.14. The molecule has 0 saturated carbocycles. The van der Waals surface area contributed by atoms with E-state index in [2.05, 4.69) is 15.9 Å². The van der Waals surface area contributed by atoms with Crippen LogP contribution in [0.5, 0.6) is 0 Å². The molecular formula is C10H16BrNOS. The molecule has 0 aliphatic rings. The van der Waals surface area contributed by atoms with Gasteiger partial charge in [0.1, 0.15) is 0 Å². The fourth-order valence-corrected chi connectivity index (χ4v) is 3.10. The second-order valence-electron chi connectivity index (χ2n) is 3.65. The predicted octanol–water partition coefficient (Wildman–Crippen LogP) is 3.33. The van der Waals surface area contributed by atoms with E-state index in [1.807, 2.05) is 32.2 Å². The molecule has 0 aliphatic heterocycles. The van der Waals surface area contributed by atoms with E-state index in [-0.39, 0.29) is 11.6 Å². The van der Waals surface area contributed by atoms with E-state index in [9.17, 15) is 0 Å². The second-order valence-corrected chi connectivity index (χ2v) is 5.45. The minimum Gasteiger partial charge on any atom is -0.374 e. The minimum absolute atomic E-state index is 0.0863. The maximum absolute atomic E-state index is 6.16. The van der Waals surface area contributed by atoms with Gasteiger partial charge in [0.2, 0.25) is 0 Å². The van der Waals surface area contributed by atoms with E-state index >= 15 is 0 Å². The molecular weight excluding hydrogens is 262 g/mol. The van der Waals surface area contributed by atoms with Gasteiger partial charge in [-0.05, 0) is 48.1 Å². The Bertz CT molecular complexity index is 298. The highest BCUT2D eigenvalue weighted by Gasteiger charge is 2.30. The molecule has 2 N–H and O–H groups in total. The van der Waals surface area contributed by atoms with Crippen molar-refractivity contribution in [2.45, 2.75) is 32.4 Å². The number of ether oxygens (including phenoxy) is 1. The van der Waals surface area contributed by atoms with Gasteiger partial charge in [0.15, 0.2) is 0 Å². The number of rotatable bonds is 4. The quantitative estimate of drug-likeness (QED) is 0.917. The number of halogens is 1. The summed E-state index contributed by atoms with van der Waals surface area (Å²) in [6.45, 7) is 6.71. The highest BCUT2D eigenvalue weighted by molar-refractivity contribution is 9.10. The Balaban J connectivity index is 2.84. The van der Waals surface area contributed by atoms with Crippen LogP contribution in [0.15, 0.2) is 15.9 Å². The lowest BCUT2D eigenvalue weighted by Crippen LogP contribution is -2.37. The van der Waals surface area contributed by atoms with Crippen LogP contribution in [0, 0.1) is 0 Å². The normalized spacial score (nSPS) is 14.4. The molecule has 0 radical (unpaired) electrons. The van der Waals surface area contributed by atoms with E-state index in [1.165, 1.54) is 0 Å². The first-order valence-corrected chi connectivity index (χ1v) is 6.28. The molecule has 0 aromatic carbocycles. The van der Waals surface area contributed by atoms with Crippen molar-refractivity contribution in [3.63, 3.8) is 0 Å². The van der Waals surface area contributed by atoms with E-state index in [1.54, 1.807) is 11.3 Å². The first-order chi connectivity index (χ1) is 6.49. The van der Waals surface area contributed by atoms with Crippen LogP contribution in [-0.2, 0) is 4.74 Å². The average Bonchev–Trinajstić information content (AvgIpc) is 2.50. The molecule has 2 nitrogen and oxygen atoms in total. The molecule has 1 aromatic heterocycles. The standard InChI is InChI=1S/C10H16BrNOS/c1-4-13-10(2,3)9(12)8-7(11)5-6-14-8/h5-6,9H,4,12H2,1-3H3. The van der Waals surface area contributed by atoms with Crippen molar-refractivity contribution in [1.29, 1.82) is 0 Å². The summed E-state index contributed by atoms with van der Waals surface area (Å²) in [5.41, 5.74) is 5.84. The topological polar surface area (TPSA) is 35.2 Å². The Kier molecular flexibility index (Phi) is 4.13. The number of hydrogen-bond donors (Lipinski definition) is 1. The van der Waals surface area contributed by atoms with Crippen LogP contribution in [0.1, 0.15) is 31.7 Å². The van der Waals surface area contributed by atoms with Crippen molar-refractivity contribution in [3.05, 3.63) is 20.8 Å². The van der Waals surface area contributed by atoms with Crippen LogP contribution in [-0.4, -0.2) is 12.2 Å². The highest BCUT2D eigenvalue weighted by Crippen LogP contribution is 2.35. The van der Waals surface area contributed by atoms with Crippen LogP contribution < -0.4 is 5.73 Å². The third-order valence-electron chi connectivity index (χ3n) is 2.19. The zero-order chi connectivity index (χ0) is 10.8. The molecule has 4 heteroatoms. The summed E-state index contributed by atoms with van der Waals surface area (Å²) in [7, 11) is 0. The average molecular weight is 278 g/mol. The van der Waals surface area contributed by atoms with E-state index in [4.69, 9.17) is 10.5 Å². The smallest absolute Gasteiger partial charge is 0.0826 e. The summed E-state index contributed by atoms with van der Waals surface area (Å²) in [6, 6.07) is 1.93. The molecule has 1 heterocycles. The SMILES string of the molecule is CCOC(C)(C)C(N)c1sccc1Br. The minimum atomic E-state index is -0.317. The van der Waals surface area contributed by atoms with Crippen LogP contribution in [0.25, 0.3) is 0 Å². The maximum atomic E-state index is 6.16. The van der Waals surface area contributed by atoms with Crippen LogP contribution >= 0.6 is 27.3 Å². The number of hydrogen-bond acceptors (Lipinski definition) is 3. The fraction of sp³-hybridized carbons (Fsp3) is 0.600. The van der Waals surface area contributed by atoms with E-state index in [0.29, 0.717) is 6.61 Å².